The molecule has 0 spiro atoms. The van der Waals surface area contributed by atoms with E-state index < -0.39 is 0 Å². The first-order valence-corrected chi connectivity index (χ1v) is 8.78. The topological polar surface area (TPSA) is 65.4 Å². The van der Waals surface area contributed by atoms with Crippen molar-refractivity contribution in [2.75, 3.05) is 7.11 Å². The van der Waals surface area contributed by atoms with Gasteiger partial charge in [0.15, 0.2) is 11.5 Å². The number of carbonyl (C=O) groups is 1. The summed E-state index contributed by atoms with van der Waals surface area (Å²) in [7, 11) is 1.56. The van der Waals surface area contributed by atoms with Crippen LogP contribution in [0.2, 0.25) is 0 Å². The van der Waals surface area contributed by atoms with Crippen molar-refractivity contribution in [2.24, 2.45) is 0 Å². The SMILES string of the molecule is COc1cc(C(=O)NCc2cnn(-c3ccccc3)c2)ccc1OC(C)C. The predicted molar refractivity (Wildman–Crippen MR) is 103 cm³/mol. The number of methoxy groups -OCH3 is 1. The van der Waals surface area contributed by atoms with Gasteiger partial charge in [-0.1, -0.05) is 18.2 Å². The molecule has 0 saturated heterocycles. The van der Waals surface area contributed by atoms with Crippen LogP contribution in [0.15, 0.2) is 60.9 Å². The van der Waals surface area contributed by atoms with Crippen molar-refractivity contribution in [1.82, 2.24) is 15.1 Å². The van der Waals surface area contributed by atoms with Gasteiger partial charge in [-0.2, -0.15) is 5.10 Å². The van der Waals surface area contributed by atoms with E-state index in [-0.39, 0.29) is 12.0 Å². The van der Waals surface area contributed by atoms with Gasteiger partial charge in [-0.15, -0.1) is 0 Å². The average molecular weight is 365 g/mol. The van der Waals surface area contributed by atoms with Gasteiger partial charge in [0.1, 0.15) is 0 Å². The monoisotopic (exact) mass is 365 g/mol. The van der Waals surface area contributed by atoms with Crippen molar-refractivity contribution < 1.29 is 14.3 Å². The number of hydrogen-bond acceptors (Lipinski definition) is 4. The average Bonchev–Trinajstić information content (AvgIpc) is 3.16. The van der Waals surface area contributed by atoms with Crippen LogP contribution in [0.25, 0.3) is 5.69 Å². The molecule has 0 radical (unpaired) electrons. The molecule has 0 unspecified atom stereocenters. The standard InChI is InChI=1S/C21H23N3O3/c1-15(2)27-19-10-9-17(11-20(19)26-3)21(25)22-12-16-13-23-24(14-16)18-7-5-4-6-8-18/h4-11,13-15H,12H2,1-3H3,(H,22,25). The second-order valence-electron chi connectivity index (χ2n) is 6.34. The van der Waals surface area contributed by atoms with Crippen LogP contribution < -0.4 is 14.8 Å². The van der Waals surface area contributed by atoms with Crippen LogP contribution in [0.1, 0.15) is 29.8 Å². The van der Waals surface area contributed by atoms with Gasteiger partial charge in [0.25, 0.3) is 5.91 Å². The number of amides is 1. The molecule has 0 aliphatic heterocycles. The first kappa shape index (κ1) is 18.5. The Morgan fingerprint density at radius 1 is 1.15 bits per heavy atom. The summed E-state index contributed by atoms with van der Waals surface area (Å²) in [6, 6.07) is 15.0. The molecule has 0 bridgehead atoms. The van der Waals surface area contributed by atoms with Crippen LogP contribution in [0.3, 0.4) is 0 Å². The van der Waals surface area contributed by atoms with Gasteiger partial charge in [-0.05, 0) is 44.2 Å². The predicted octanol–water partition coefficient (Wildman–Crippen LogP) is 3.60. The van der Waals surface area contributed by atoms with E-state index in [0.29, 0.717) is 23.6 Å². The maximum absolute atomic E-state index is 12.5. The summed E-state index contributed by atoms with van der Waals surface area (Å²) in [5, 5.41) is 7.24. The maximum atomic E-state index is 12.5. The molecule has 1 heterocycles. The smallest absolute Gasteiger partial charge is 0.251 e. The van der Waals surface area contributed by atoms with Crippen molar-refractivity contribution in [3.05, 3.63) is 72.1 Å². The van der Waals surface area contributed by atoms with E-state index in [1.54, 1.807) is 36.2 Å². The maximum Gasteiger partial charge on any atom is 0.251 e. The zero-order valence-electron chi connectivity index (χ0n) is 15.7. The lowest BCUT2D eigenvalue weighted by molar-refractivity contribution is 0.0950. The number of benzene rings is 2. The Bertz CT molecular complexity index is 904. The molecule has 27 heavy (non-hydrogen) atoms. The molecule has 3 rings (SSSR count). The van der Waals surface area contributed by atoms with E-state index in [1.165, 1.54) is 0 Å². The molecule has 6 nitrogen and oxygen atoms in total. The highest BCUT2D eigenvalue weighted by atomic mass is 16.5. The fraction of sp³-hybridized carbons (Fsp3) is 0.238. The molecular formula is C21H23N3O3. The summed E-state index contributed by atoms with van der Waals surface area (Å²) in [6.07, 6.45) is 3.67. The second kappa shape index (κ2) is 8.40. The summed E-state index contributed by atoms with van der Waals surface area (Å²) in [6.45, 7) is 4.27. The Morgan fingerprint density at radius 3 is 2.63 bits per heavy atom. The number of hydrogen-bond donors (Lipinski definition) is 1. The van der Waals surface area contributed by atoms with Crippen molar-refractivity contribution in [1.29, 1.82) is 0 Å². The van der Waals surface area contributed by atoms with E-state index in [9.17, 15) is 4.79 Å². The molecule has 0 atom stereocenters. The van der Waals surface area contributed by atoms with Crippen molar-refractivity contribution in [3.63, 3.8) is 0 Å². The van der Waals surface area contributed by atoms with Crippen LogP contribution in [-0.4, -0.2) is 28.9 Å². The largest absolute Gasteiger partial charge is 0.493 e. The number of carbonyl (C=O) groups excluding carboxylic acids is 1. The summed E-state index contributed by atoms with van der Waals surface area (Å²) >= 11 is 0. The highest BCUT2D eigenvalue weighted by molar-refractivity contribution is 5.94. The van der Waals surface area contributed by atoms with Crippen LogP contribution in [0, 0.1) is 0 Å². The number of ether oxygens (including phenoxy) is 2. The van der Waals surface area contributed by atoms with Crippen LogP contribution >= 0.6 is 0 Å². The Kier molecular flexibility index (Phi) is 5.76. The molecule has 140 valence electrons. The Labute approximate surface area is 158 Å². The van der Waals surface area contributed by atoms with Gasteiger partial charge >= 0.3 is 0 Å². The van der Waals surface area contributed by atoms with Gasteiger partial charge < -0.3 is 14.8 Å². The van der Waals surface area contributed by atoms with Gasteiger partial charge in [0.05, 0.1) is 25.1 Å². The minimum Gasteiger partial charge on any atom is -0.493 e. The Balaban J connectivity index is 1.65. The summed E-state index contributed by atoms with van der Waals surface area (Å²) in [5.74, 6) is 0.971. The first-order chi connectivity index (χ1) is 13.1. The number of nitrogens with one attached hydrogen (secondary N) is 1. The van der Waals surface area contributed by atoms with Crippen molar-refractivity contribution in [3.8, 4) is 17.2 Å². The first-order valence-electron chi connectivity index (χ1n) is 8.78. The van der Waals surface area contributed by atoms with E-state index in [0.717, 1.165) is 11.3 Å². The van der Waals surface area contributed by atoms with Crippen LogP contribution in [0.4, 0.5) is 0 Å². The van der Waals surface area contributed by atoms with Gasteiger partial charge in [-0.3, -0.25) is 4.79 Å². The van der Waals surface area contributed by atoms with E-state index in [4.69, 9.17) is 9.47 Å². The normalized spacial score (nSPS) is 10.7. The zero-order chi connectivity index (χ0) is 19.2. The van der Waals surface area contributed by atoms with E-state index in [2.05, 4.69) is 10.4 Å². The molecule has 3 aromatic rings. The molecule has 1 N–H and O–H groups in total. The summed E-state index contributed by atoms with van der Waals surface area (Å²) in [4.78, 5) is 12.5. The number of aromatic nitrogens is 2. The van der Waals surface area contributed by atoms with Crippen molar-refractivity contribution in [2.45, 2.75) is 26.5 Å². The highest BCUT2D eigenvalue weighted by Gasteiger charge is 2.12. The van der Waals surface area contributed by atoms with Crippen LogP contribution in [0.5, 0.6) is 11.5 Å². The van der Waals surface area contributed by atoms with E-state index in [1.807, 2.05) is 50.4 Å². The summed E-state index contributed by atoms with van der Waals surface area (Å²) in [5.41, 5.74) is 2.40. The molecule has 1 amide bonds. The summed E-state index contributed by atoms with van der Waals surface area (Å²) < 4.78 is 12.8. The van der Waals surface area contributed by atoms with Gasteiger partial charge in [-0.25, -0.2) is 4.68 Å². The third-order valence-corrected chi connectivity index (χ3v) is 3.90. The molecule has 0 fully saturated rings. The molecule has 1 aromatic heterocycles. The minimum absolute atomic E-state index is 0.0275. The third kappa shape index (κ3) is 4.67. The van der Waals surface area contributed by atoms with E-state index >= 15 is 0 Å². The second-order valence-corrected chi connectivity index (χ2v) is 6.34. The van der Waals surface area contributed by atoms with Crippen molar-refractivity contribution >= 4 is 5.91 Å². The molecular weight excluding hydrogens is 342 g/mol. The number of nitrogens with zero attached hydrogens (tertiary/aromatic N) is 2. The van der Waals surface area contributed by atoms with Crippen LogP contribution in [-0.2, 0) is 6.54 Å². The fourth-order valence-corrected chi connectivity index (χ4v) is 2.62. The lowest BCUT2D eigenvalue weighted by Gasteiger charge is -2.14. The molecule has 6 heteroatoms. The Hall–Kier alpha value is -3.28. The molecule has 2 aromatic carbocycles. The molecule has 0 aliphatic rings. The fourth-order valence-electron chi connectivity index (χ4n) is 2.62. The quantitative estimate of drug-likeness (QED) is 0.695. The lowest BCUT2D eigenvalue weighted by atomic mass is 10.2. The number of para-hydroxylation sites is 1. The number of rotatable bonds is 7. The molecule has 0 aliphatic carbocycles. The Morgan fingerprint density at radius 2 is 1.93 bits per heavy atom. The highest BCUT2D eigenvalue weighted by Crippen LogP contribution is 2.29. The van der Waals surface area contributed by atoms with Gasteiger partial charge in [0, 0.05) is 23.9 Å². The third-order valence-electron chi connectivity index (χ3n) is 3.90. The van der Waals surface area contributed by atoms with Gasteiger partial charge in [0.2, 0.25) is 0 Å². The minimum atomic E-state index is -0.183. The molecule has 0 saturated carbocycles. The lowest BCUT2D eigenvalue weighted by Crippen LogP contribution is -2.22. The zero-order valence-corrected chi connectivity index (χ0v) is 15.7.